The minimum atomic E-state index is -1.40. The second-order valence-electron chi connectivity index (χ2n) is 9.66. The number of nitrogens with zero attached hydrogens (tertiary/aromatic N) is 1. The molecular weight excluding hydrogens is 518 g/mol. The van der Waals surface area contributed by atoms with Crippen molar-refractivity contribution in [1.29, 1.82) is 0 Å². The molecule has 4 heterocycles. The van der Waals surface area contributed by atoms with Crippen LogP contribution in [0.4, 0.5) is 5.69 Å². The first kappa shape index (κ1) is 22.5. The highest BCUT2D eigenvalue weighted by atomic mass is 79.9. The summed E-state index contributed by atoms with van der Waals surface area (Å²) in [6, 6.07) is 9.32. The number of carbonyl (C=O) groups excluding carboxylic acids is 3. The number of rotatable bonds is 4. The Balaban J connectivity index is 1.43. The number of carbonyl (C=O) groups is 3. The quantitative estimate of drug-likeness (QED) is 0.344. The van der Waals surface area contributed by atoms with Crippen molar-refractivity contribution in [2.24, 2.45) is 11.8 Å². The lowest BCUT2D eigenvalue weighted by molar-refractivity contribution is -0.144. The van der Waals surface area contributed by atoms with Gasteiger partial charge in [0.05, 0.1) is 24.5 Å². The van der Waals surface area contributed by atoms with Crippen molar-refractivity contribution in [2.75, 3.05) is 18.5 Å². The van der Waals surface area contributed by atoms with Gasteiger partial charge in [0.1, 0.15) is 5.54 Å². The number of anilines is 1. The van der Waals surface area contributed by atoms with E-state index in [1.165, 1.54) is 17.0 Å². The molecule has 1 spiro atoms. The molecule has 0 aliphatic carbocycles. The molecule has 9 nitrogen and oxygen atoms in total. The third-order valence-corrected chi connectivity index (χ3v) is 8.17. The summed E-state index contributed by atoms with van der Waals surface area (Å²) in [5.41, 5.74) is 0.498. The van der Waals surface area contributed by atoms with Crippen LogP contribution in [0.25, 0.3) is 0 Å². The smallest absolute Gasteiger partial charge is 0.250 e. The van der Waals surface area contributed by atoms with E-state index in [1.54, 1.807) is 12.1 Å². The van der Waals surface area contributed by atoms with Gasteiger partial charge in [-0.3, -0.25) is 24.6 Å². The lowest BCUT2D eigenvalue weighted by atomic mass is 9.76. The van der Waals surface area contributed by atoms with Gasteiger partial charge >= 0.3 is 0 Å². The van der Waals surface area contributed by atoms with Gasteiger partial charge in [0, 0.05) is 28.4 Å². The fourth-order valence-electron chi connectivity index (χ4n) is 6.13. The van der Waals surface area contributed by atoms with Gasteiger partial charge in [0.25, 0.3) is 0 Å². The molecule has 2 aromatic rings. The average Bonchev–Trinajstić information content (AvgIpc) is 3.56. The van der Waals surface area contributed by atoms with Gasteiger partial charge in [-0.05, 0) is 55.2 Å². The summed E-state index contributed by atoms with van der Waals surface area (Å²) in [4.78, 5) is 42.4. The number of halogens is 1. The van der Waals surface area contributed by atoms with Crippen molar-refractivity contribution in [3.05, 3.63) is 52.0 Å². The van der Waals surface area contributed by atoms with E-state index in [0.29, 0.717) is 23.4 Å². The Kier molecular flexibility index (Phi) is 5.17. The highest BCUT2D eigenvalue weighted by molar-refractivity contribution is 9.10. The van der Waals surface area contributed by atoms with Gasteiger partial charge in [-0.15, -0.1) is 0 Å². The zero-order chi connectivity index (χ0) is 24.5. The number of fused-ring (bicyclic) bond motifs is 4. The maximum Gasteiger partial charge on any atom is 0.250 e. The van der Waals surface area contributed by atoms with Gasteiger partial charge in [0.2, 0.25) is 17.7 Å². The number of benzene rings is 2. The van der Waals surface area contributed by atoms with Crippen LogP contribution >= 0.6 is 15.9 Å². The molecule has 2 aromatic carbocycles. The summed E-state index contributed by atoms with van der Waals surface area (Å²) < 4.78 is 6.45. The molecule has 35 heavy (non-hydrogen) atoms. The number of nitrogens with one attached hydrogen (secondary N) is 2. The van der Waals surface area contributed by atoms with Gasteiger partial charge in [0.15, 0.2) is 11.5 Å². The highest BCUT2D eigenvalue weighted by Gasteiger charge is 2.70. The van der Waals surface area contributed by atoms with Gasteiger partial charge in [-0.1, -0.05) is 22.0 Å². The molecule has 10 heteroatoms. The van der Waals surface area contributed by atoms with E-state index in [-0.39, 0.29) is 48.3 Å². The van der Waals surface area contributed by atoms with Crippen molar-refractivity contribution in [1.82, 2.24) is 10.2 Å². The number of phenolic OH excluding ortho intramolecular Hbond substituents is 2. The summed E-state index contributed by atoms with van der Waals surface area (Å²) in [5, 5.41) is 26.0. The molecule has 0 aromatic heterocycles. The number of likely N-dealkylation sites (tertiary alicyclic amines) is 1. The number of hydrogen-bond acceptors (Lipinski definition) is 7. The Hall–Kier alpha value is -2.95. The lowest BCUT2D eigenvalue weighted by Crippen LogP contribution is -2.54. The van der Waals surface area contributed by atoms with Crippen molar-refractivity contribution >= 4 is 39.3 Å². The molecule has 4 aliphatic heterocycles. The van der Waals surface area contributed by atoms with Crippen molar-refractivity contribution < 1.29 is 29.3 Å². The maximum atomic E-state index is 13.8. The molecule has 0 bridgehead atoms. The summed E-state index contributed by atoms with van der Waals surface area (Å²) in [6.45, 7) is 0.788. The van der Waals surface area contributed by atoms with E-state index in [1.807, 2.05) is 12.1 Å². The van der Waals surface area contributed by atoms with E-state index in [4.69, 9.17) is 4.74 Å². The third kappa shape index (κ3) is 3.30. The van der Waals surface area contributed by atoms with Crippen LogP contribution in [0.1, 0.15) is 24.0 Å². The first-order valence-electron chi connectivity index (χ1n) is 11.7. The average molecular weight is 542 g/mol. The highest BCUT2D eigenvalue weighted by Crippen LogP contribution is 2.54. The fraction of sp³-hybridized carbons (Fsp3) is 0.400. The van der Waals surface area contributed by atoms with Crippen LogP contribution in [0.5, 0.6) is 11.5 Å². The van der Waals surface area contributed by atoms with Crippen LogP contribution in [0.2, 0.25) is 0 Å². The van der Waals surface area contributed by atoms with Gasteiger partial charge in [-0.2, -0.15) is 0 Å². The van der Waals surface area contributed by atoms with Crippen LogP contribution in [-0.2, 0) is 31.1 Å². The van der Waals surface area contributed by atoms with Crippen LogP contribution in [-0.4, -0.2) is 58.1 Å². The van der Waals surface area contributed by atoms with Gasteiger partial charge < -0.3 is 20.3 Å². The lowest BCUT2D eigenvalue weighted by Gasteiger charge is -2.30. The molecule has 182 valence electrons. The summed E-state index contributed by atoms with van der Waals surface area (Å²) in [6.07, 6.45) is 1.75. The van der Waals surface area contributed by atoms with Crippen LogP contribution < -0.4 is 10.6 Å². The SMILES string of the molecule is O=C1C2C(Cc3ccc(O)c(O)c3)NC3(C(=O)Nc4ccc(Br)cc43)C2C(=O)N1CC1CCCO1. The Morgan fingerprint density at radius 3 is 2.66 bits per heavy atom. The number of aromatic hydroxyl groups is 2. The largest absolute Gasteiger partial charge is 0.504 e. The summed E-state index contributed by atoms with van der Waals surface area (Å²) in [7, 11) is 0. The molecule has 3 amide bonds. The molecule has 4 aliphatic rings. The first-order chi connectivity index (χ1) is 16.8. The fourth-order valence-corrected chi connectivity index (χ4v) is 6.49. The Bertz CT molecular complexity index is 1260. The number of amides is 3. The Morgan fingerprint density at radius 2 is 1.91 bits per heavy atom. The van der Waals surface area contributed by atoms with Crippen molar-refractivity contribution in [2.45, 2.75) is 36.9 Å². The van der Waals surface area contributed by atoms with E-state index in [0.717, 1.165) is 17.3 Å². The third-order valence-electron chi connectivity index (χ3n) is 7.67. The van der Waals surface area contributed by atoms with Crippen LogP contribution in [0.15, 0.2) is 40.9 Å². The molecule has 4 N–H and O–H groups in total. The molecule has 0 saturated carbocycles. The minimum Gasteiger partial charge on any atom is -0.504 e. The molecular formula is C25H24BrN3O6. The normalized spacial score (nSPS) is 31.3. The van der Waals surface area contributed by atoms with Crippen LogP contribution in [0, 0.1) is 11.8 Å². The number of imide groups is 1. The zero-order valence-corrected chi connectivity index (χ0v) is 20.2. The minimum absolute atomic E-state index is 0.181. The second kappa shape index (κ2) is 8.04. The van der Waals surface area contributed by atoms with Crippen LogP contribution in [0.3, 0.4) is 0 Å². The summed E-state index contributed by atoms with van der Waals surface area (Å²) in [5.74, 6) is -3.25. The molecule has 3 saturated heterocycles. The number of ether oxygens (including phenoxy) is 1. The second-order valence-corrected chi connectivity index (χ2v) is 10.6. The Labute approximate surface area is 209 Å². The molecule has 6 rings (SSSR count). The predicted molar refractivity (Wildman–Crippen MR) is 128 cm³/mol. The number of hydrogen-bond donors (Lipinski definition) is 4. The van der Waals surface area contributed by atoms with Crippen molar-refractivity contribution in [3.8, 4) is 11.5 Å². The van der Waals surface area contributed by atoms with E-state index in [9.17, 15) is 24.6 Å². The zero-order valence-electron chi connectivity index (χ0n) is 18.7. The molecule has 5 unspecified atom stereocenters. The maximum absolute atomic E-state index is 13.8. The molecule has 3 fully saturated rings. The first-order valence-corrected chi connectivity index (χ1v) is 12.5. The van der Waals surface area contributed by atoms with E-state index < -0.39 is 23.4 Å². The monoisotopic (exact) mass is 541 g/mol. The predicted octanol–water partition coefficient (Wildman–Crippen LogP) is 2.00. The van der Waals surface area contributed by atoms with Gasteiger partial charge in [-0.25, -0.2) is 0 Å². The van der Waals surface area contributed by atoms with E-state index in [2.05, 4.69) is 26.6 Å². The van der Waals surface area contributed by atoms with E-state index >= 15 is 0 Å². The Morgan fingerprint density at radius 1 is 1.09 bits per heavy atom. The summed E-state index contributed by atoms with van der Waals surface area (Å²) >= 11 is 3.47. The topological polar surface area (TPSA) is 128 Å². The molecule has 5 atom stereocenters. The van der Waals surface area contributed by atoms with Crippen molar-refractivity contribution in [3.63, 3.8) is 0 Å². The number of phenols is 2. The standard InChI is InChI=1S/C25H24BrN3O6/c26-13-4-5-16-15(10-13)25(24(34)27-16)21-20(17(28-25)8-12-3-6-18(30)19(31)9-12)22(32)29(23(21)33)11-14-2-1-7-35-14/h3-6,9-10,14,17,20-21,28,30-31H,1-2,7-8,11H2,(H,27,34). The molecule has 0 radical (unpaired) electrons.